The predicted molar refractivity (Wildman–Crippen MR) is 112 cm³/mol. The Bertz CT molecular complexity index is 1060. The van der Waals surface area contributed by atoms with Crippen molar-refractivity contribution in [2.45, 2.75) is 25.5 Å². The van der Waals surface area contributed by atoms with Crippen LogP contribution in [0.25, 0.3) is 16.9 Å². The summed E-state index contributed by atoms with van der Waals surface area (Å²) in [7, 11) is 0. The van der Waals surface area contributed by atoms with Crippen molar-refractivity contribution in [1.29, 1.82) is 0 Å². The van der Waals surface area contributed by atoms with Crippen LogP contribution in [0.5, 0.6) is 0 Å². The summed E-state index contributed by atoms with van der Waals surface area (Å²) in [6.07, 6.45) is 5.77. The highest BCUT2D eigenvalue weighted by Gasteiger charge is 2.28. The molecule has 1 N–H and O–H groups in total. The molecule has 4 heterocycles. The maximum Gasteiger partial charge on any atom is 0.282 e. The van der Waals surface area contributed by atoms with Crippen LogP contribution in [0.2, 0.25) is 0 Å². The Morgan fingerprint density at radius 2 is 1.97 bits per heavy atom. The van der Waals surface area contributed by atoms with E-state index in [9.17, 15) is 9.59 Å². The Balaban J connectivity index is 1.61. The number of pyridine rings is 1. The molecule has 4 aliphatic rings. The van der Waals surface area contributed by atoms with Crippen LogP contribution in [0, 0.1) is 0 Å². The van der Waals surface area contributed by atoms with E-state index < -0.39 is 0 Å². The van der Waals surface area contributed by atoms with Gasteiger partial charge >= 0.3 is 0 Å². The molecule has 0 unspecified atom stereocenters. The van der Waals surface area contributed by atoms with Crippen molar-refractivity contribution < 1.29 is 9.53 Å². The van der Waals surface area contributed by atoms with Crippen LogP contribution < -0.4 is 10.9 Å². The lowest BCUT2D eigenvalue weighted by molar-refractivity contribution is 0.0733. The number of amides is 1. The summed E-state index contributed by atoms with van der Waals surface area (Å²) < 4.78 is 9.07. The van der Waals surface area contributed by atoms with Gasteiger partial charge in [-0.3, -0.25) is 9.59 Å². The predicted octanol–water partition coefficient (Wildman–Crippen LogP) is 1.36. The highest BCUT2D eigenvalue weighted by molar-refractivity contribution is 6.00. The zero-order valence-corrected chi connectivity index (χ0v) is 16.8. The molecule has 2 saturated heterocycles. The van der Waals surface area contributed by atoms with Gasteiger partial charge in [0.05, 0.1) is 22.9 Å². The molecular weight excluding hydrogens is 382 g/mol. The first kappa shape index (κ1) is 19.0. The van der Waals surface area contributed by atoms with E-state index in [1.807, 2.05) is 46.0 Å². The molecule has 2 fully saturated rings. The van der Waals surface area contributed by atoms with E-state index in [4.69, 9.17) is 4.74 Å². The lowest BCUT2D eigenvalue weighted by atomic mass is 10.1. The number of carbonyl (C=O) groups is 1. The molecule has 0 bridgehead atoms. The summed E-state index contributed by atoms with van der Waals surface area (Å²) in [5.41, 5.74) is 1.85. The second-order valence-electron chi connectivity index (χ2n) is 7.86. The maximum absolute atomic E-state index is 13.4. The summed E-state index contributed by atoms with van der Waals surface area (Å²) in [5, 5.41) is 7.83. The third-order valence-electron chi connectivity index (χ3n) is 5.80. The molecule has 5 rings (SSSR count). The van der Waals surface area contributed by atoms with E-state index >= 15 is 0 Å². The fourth-order valence-electron chi connectivity index (χ4n) is 4.23. The number of piperazine rings is 1. The Morgan fingerprint density at radius 1 is 1.17 bits per heavy atom. The van der Waals surface area contributed by atoms with Gasteiger partial charge in [0, 0.05) is 51.7 Å². The summed E-state index contributed by atoms with van der Waals surface area (Å²) >= 11 is 0. The number of fused-ring (bicyclic) bond motifs is 1. The standard InChI is InChI=1S/C22H25N5O3/c28-21(26-10-8-23-9-11-26)18-14-25(13-17-7-4-12-30-17)15-19-20(18)24-27(22(19)29)16-5-2-1-3-6-16/h1-3,5-6,14-15,17,23H,4,7-13H2/t17-/m0/s1. The largest absolute Gasteiger partial charge is 0.376 e. The number of para-hydroxylation sites is 1. The average molecular weight is 407 g/mol. The van der Waals surface area contributed by atoms with Gasteiger partial charge in [-0.2, -0.15) is 9.78 Å². The number of nitrogens with one attached hydrogen (secondary N) is 1. The molecule has 4 aliphatic heterocycles. The van der Waals surface area contributed by atoms with Crippen molar-refractivity contribution >= 4 is 5.91 Å². The Morgan fingerprint density at radius 3 is 2.70 bits per heavy atom. The van der Waals surface area contributed by atoms with Crippen LogP contribution >= 0.6 is 0 Å². The normalized spacial score (nSPS) is 19.5. The first-order chi connectivity index (χ1) is 14.7. The molecule has 1 aromatic carbocycles. The number of hydrogen-bond donors (Lipinski definition) is 1. The average Bonchev–Trinajstić information content (AvgIpc) is 3.42. The zero-order valence-electron chi connectivity index (χ0n) is 16.8. The SMILES string of the molecule is O=C(c1cn(C[C@@H]2CCCO2)cc2c(=O)n(-c3ccccc3)nc1-2)N1CCNCC1. The van der Waals surface area contributed by atoms with E-state index in [1.165, 1.54) is 4.68 Å². The van der Waals surface area contributed by atoms with Crippen molar-refractivity contribution in [3.8, 4) is 16.9 Å². The third-order valence-corrected chi connectivity index (χ3v) is 5.80. The lowest BCUT2D eigenvalue weighted by Crippen LogP contribution is -2.46. The van der Waals surface area contributed by atoms with Gasteiger partial charge in [-0.15, -0.1) is 0 Å². The molecule has 1 amide bonds. The number of hydrogen-bond acceptors (Lipinski definition) is 5. The van der Waals surface area contributed by atoms with Gasteiger partial charge < -0.3 is 19.5 Å². The van der Waals surface area contributed by atoms with Crippen LogP contribution in [0.4, 0.5) is 0 Å². The topological polar surface area (TPSA) is 81.4 Å². The number of ether oxygens (including phenoxy) is 1. The van der Waals surface area contributed by atoms with E-state index in [2.05, 4.69) is 10.4 Å². The molecular formula is C22H25N5O3. The van der Waals surface area contributed by atoms with Crippen LogP contribution in [-0.2, 0) is 11.3 Å². The fourth-order valence-corrected chi connectivity index (χ4v) is 4.23. The molecule has 8 nitrogen and oxygen atoms in total. The summed E-state index contributed by atoms with van der Waals surface area (Å²) in [4.78, 5) is 28.4. The molecule has 8 heteroatoms. The molecule has 156 valence electrons. The molecule has 0 saturated carbocycles. The van der Waals surface area contributed by atoms with Gasteiger partial charge in [-0.05, 0) is 25.0 Å². The van der Waals surface area contributed by atoms with Gasteiger partial charge in [0.2, 0.25) is 0 Å². The van der Waals surface area contributed by atoms with Gasteiger partial charge in [0.15, 0.2) is 0 Å². The number of rotatable bonds is 4. The number of nitrogens with zero attached hydrogens (tertiary/aromatic N) is 4. The Hall–Kier alpha value is -2.97. The minimum Gasteiger partial charge on any atom is -0.376 e. The molecule has 0 aromatic heterocycles. The number of aromatic nitrogens is 3. The Labute approximate surface area is 174 Å². The minimum atomic E-state index is -0.216. The van der Waals surface area contributed by atoms with Gasteiger partial charge in [-0.1, -0.05) is 18.2 Å². The molecule has 1 aromatic rings. The van der Waals surface area contributed by atoms with E-state index in [1.54, 1.807) is 6.20 Å². The van der Waals surface area contributed by atoms with E-state index in [0.29, 0.717) is 42.1 Å². The van der Waals surface area contributed by atoms with Crippen LogP contribution in [0.15, 0.2) is 47.5 Å². The van der Waals surface area contributed by atoms with Crippen molar-refractivity contribution in [2.24, 2.45) is 0 Å². The van der Waals surface area contributed by atoms with Crippen LogP contribution in [0.3, 0.4) is 0 Å². The highest BCUT2D eigenvalue weighted by atomic mass is 16.5. The van der Waals surface area contributed by atoms with Gasteiger partial charge in [0.25, 0.3) is 11.5 Å². The quantitative estimate of drug-likeness (QED) is 0.706. The first-order valence-corrected chi connectivity index (χ1v) is 10.5. The van der Waals surface area contributed by atoms with Crippen LogP contribution in [0.1, 0.15) is 23.2 Å². The lowest BCUT2D eigenvalue weighted by Gasteiger charge is -2.28. The van der Waals surface area contributed by atoms with E-state index in [0.717, 1.165) is 32.5 Å². The fraction of sp³-hybridized carbons (Fsp3) is 0.409. The van der Waals surface area contributed by atoms with Crippen LogP contribution in [-0.4, -0.2) is 64.0 Å². The number of carbonyl (C=O) groups excluding carboxylic acids is 1. The molecule has 0 aliphatic carbocycles. The monoisotopic (exact) mass is 407 g/mol. The molecule has 1 atom stereocenters. The smallest absolute Gasteiger partial charge is 0.282 e. The zero-order chi connectivity index (χ0) is 20.5. The van der Waals surface area contributed by atoms with Gasteiger partial charge in [0.1, 0.15) is 5.69 Å². The highest BCUT2D eigenvalue weighted by Crippen LogP contribution is 2.25. The van der Waals surface area contributed by atoms with Crippen molar-refractivity contribution in [2.75, 3.05) is 32.8 Å². The molecule has 0 spiro atoms. The maximum atomic E-state index is 13.4. The first-order valence-electron chi connectivity index (χ1n) is 10.5. The van der Waals surface area contributed by atoms with Crippen molar-refractivity contribution in [3.05, 3.63) is 58.6 Å². The molecule has 30 heavy (non-hydrogen) atoms. The van der Waals surface area contributed by atoms with E-state index in [-0.39, 0.29) is 17.6 Å². The Kier molecular flexibility index (Phi) is 5.10. The second kappa shape index (κ2) is 8.04. The third kappa shape index (κ3) is 3.53. The van der Waals surface area contributed by atoms with Crippen molar-refractivity contribution in [3.63, 3.8) is 0 Å². The summed E-state index contributed by atoms with van der Waals surface area (Å²) in [5.74, 6) is -0.0825. The van der Waals surface area contributed by atoms with Crippen molar-refractivity contribution in [1.82, 2.24) is 24.6 Å². The molecule has 0 radical (unpaired) electrons. The summed E-state index contributed by atoms with van der Waals surface area (Å²) in [6.45, 7) is 4.20. The minimum absolute atomic E-state index is 0.0825. The number of benzene rings is 1. The second-order valence-corrected chi connectivity index (χ2v) is 7.86. The van der Waals surface area contributed by atoms with Gasteiger partial charge in [-0.25, -0.2) is 0 Å². The summed E-state index contributed by atoms with van der Waals surface area (Å²) in [6, 6.07) is 9.31.